The highest BCUT2D eigenvalue weighted by Gasteiger charge is 2.15. The van der Waals surface area contributed by atoms with Gasteiger partial charge in [-0.1, -0.05) is 6.07 Å². The molecule has 2 rings (SSSR count). The summed E-state index contributed by atoms with van der Waals surface area (Å²) < 4.78 is 15.9. The lowest BCUT2D eigenvalue weighted by atomic mass is 10.2. The number of aromatic nitrogens is 1. The number of hydrogen-bond acceptors (Lipinski definition) is 6. The molecule has 1 aromatic carbocycles. The summed E-state index contributed by atoms with van der Waals surface area (Å²) in [4.78, 5) is 15.4. The normalized spacial score (nSPS) is 11.0. The van der Waals surface area contributed by atoms with Gasteiger partial charge in [0.2, 0.25) is 0 Å². The molecule has 2 aromatic rings. The molecule has 0 aliphatic carbocycles. The Balaban J connectivity index is 1.71. The van der Waals surface area contributed by atoms with Crippen molar-refractivity contribution < 1.29 is 18.7 Å². The predicted octanol–water partition coefficient (Wildman–Crippen LogP) is 3.19. The van der Waals surface area contributed by atoms with Crippen LogP contribution < -0.4 is 15.4 Å². The van der Waals surface area contributed by atoms with Crippen LogP contribution >= 0.6 is 0 Å². The number of oxazole rings is 1. The van der Waals surface area contributed by atoms with Crippen molar-refractivity contribution in [3.05, 3.63) is 42.6 Å². The number of benzene rings is 1. The molecule has 0 atom stereocenters. The first kappa shape index (κ1) is 17.7. The summed E-state index contributed by atoms with van der Waals surface area (Å²) in [6.45, 7) is 6.72. The minimum Gasteiger partial charge on any atom is -0.492 e. The number of carbonyl (C=O) groups is 1. The summed E-state index contributed by atoms with van der Waals surface area (Å²) in [6.07, 6.45) is 2.61. The van der Waals surface area contributed by atoms with Crippen LogP contribution in [0, 0.1) is 0 Å². The van der Waals surface area contributed by atoms with Gasteiger partial charge in [0.05, 0.1) is 19.3 Å². The third-order valence-electron chi connectivity index (χ3n) is 2.82. The highest BCUT2D eigenvalue weighted by molar-refractivity contribution is 5.67. The van der Waals surface area contributed by atoms with E-state index >= 15 is 0 Å². The van der Waals surface area contributed by atoms with E-state index in [9.17, 15) is 4.79 Å². The van der Waals surface area contributed by atoms with Gasteiger partial charge >= 0.3 is 6.09 Å². The van der Waals surface area contributed by atoms with Crippen LogP contribution in [0.1, 0.15) is 26.5 Å². The van der Waals surface area contributed by atoms with Crippen molar-refractivity contribution in [1.82, 2.24) is 10.3 Å². The molecule has 2 N–H and O–H groups in total. The molecule has 0 bridgehead atoms. The Bertz CT molecular complexity index is 636. The van der Waals surface area contributed by atoms with Crippen molar-refractivity contribution in [2.75, 3.05) is 18.5 Å². The molecule has 0 radical (unpaired) electrons. The van der Waals surface area contributed by atoms with Crippen molar-refractivity contribution in [2.45, 2.75) is 32.9 Å². The van der Waals surface area contributed by atoms with Gasteiger partial charge in [-0.3, -0.25) is 0 Å². The Morgan fingerprint density at radius 2 is 2.17 bits per heavy atom. The largest absolute Gasteiger partial charge is 0.492 e. The van der Waals surface area contributed by atoms with Crippen LogP contribution in [0.15, 0.2) is 41.3 Å². The fourth-order valence-corrected chi connectivity index (χ4v) is 1.85. The average molecular weight is 333 g/mol. The van der Waals surface area contributed by atoms with Gasteiger partial charge in [0.25, 0.3) is 0 Å². The number of anilines is 1. The average Bonchev–Trinajstić information content (AvgIpc) is 3.02. The maximum atomic E-state index is 11.5. The summed E-state index contributed by atoms with van der Waals surface area (Å²) in [5.41, 5.74) is 0.401. The third-order valence-corrected chi connectivity index (χ3v) is 2.82. The van der Waals surface area contributed by atoms with Crippen molar-refractivity contribution in [2.24, 2.45) is 0 Å². The molecule has 130 valence electrons. The summed E-state index contributed by atoms with van der Waals surface area (Å²) >= 11 is 0. The lowest BCUT2D eigenvalue weighted by Crippen LogP contribution is -2.34. The summed E-state index contributed by atoms with van der Waals surface area (Å²) in [7, 11) is 0. The number of rotatable bonds is 7. The van der Waals surface area contributed by atoms with Crippen LogP contribution in [-0.4, -0.2) is 29.8 Å². The van der Waals surface area contributed by atoms with E-state index in [1.165, 1.54) is 6.39 Å². The molecule has 7 nitrogen and oxygen atoms in total. The number of hydrogen-bond donors (Lipinski definition) is 2. The van der Waals surface area contributed by atoms with Gasteiger partial charge in [-0.15, -0.1) is 0 Å². The van der Waals surface area contributed by atoms with Crippen molar-refractivity contribution in [1.29, 1.82) is 0 Å². The molecule has 0 aliphatic rings. The second-order valence-corrected chi connectivity index (χ2v) is 6.13. The van der Waals surface area contributed by atoms with Crippen LogP contribution in [0.4, 0.5) is 10.5 Å². The Morgan fingerprint density at radius 3 is 2.88 bits per heavy atom. The van der Waals surface area contributed by atoms with Crippen molar-refractivity contribution >= 4 is 11.8 Å². The zero-order valence-corrected chi connectivity index (χ0v) is 14.2. The van der Waals surface area contributed by atoms with Gasteiger partial charge in [-0.05, 0) is 32.9 Å². The predicted molar refractivity (Wildman–Crippen MR) is 90.0 cm³/mol. The van der Waals surface area contributed by atoms with Gasteiger partial charge in [-0.25, -0.2) is 9.78 Å². The molecule has 0 saturated carbocycles. The number of amides is 1. The molecular weight excluding hydrogens is 310 g/mol. The standard InChI is InChI=1S/C17H23N3O4/c1-17(2,3)24-16(21)19-7-8-22-14-6-4-5-13(9-14)20-11-15-10-18-12-23-15/h4-6,9-10,12,20H,7-8,11H2,1-3H3,(H,19,21). The smallest absolute Gasteiger partial charge is 0.407 e. The number of ether oxygens (including phenoxy) is 2. The molecule has 0 spiro atoms. The second-order valence-electron chi connectivity index (χ2n) is 6.13. The molecular formula is C17H23N3O4. The van der Waals surface area contributed by atoms with E-state index in [0.29, 0.717) is 25.4 Å². The van der Waals surface area contributed by atoms with Crippen LogP contribution in [0.25, 0.3) is 0 Å². The van der Waals surface area contributed by atoms with Crippen LogP contribution in [0.2, 0.25) is 0 Å². The Labute approximate surface area is 141 Å². The molecule has 1 amide bonds. The van der Waals surface area contributed by atoms with E-state index in [4.69, 9.17) is 13.9 Å². The first-order chi connectivity index (χ1) is 11.4. The van der Waals surface area contributed by atoms with E-state index in [1.807, 2.05) is 45.0 Å². The number of carbonyl (C=O) groups excluding carboxylic acids is 1. The van der Waals surface area contributed by atoms with Crippen LogP contribution in [0.3, 0.4) is 0 Å². The highest BCUT2D eigenvalue weighted by atomic mass is 16.6. The molecule has 0 fully saturated rings. The SMILES string of the molecule is CC(C)(C)OC(=O)NCCOc1cccc(NCc2cnco2)c1. The quantitative estimate of drug-likeness (QED) is 0.757. The van der Waals surface area contributed by atoms with Gasteiger partial charge in [-0.2, -0.15) is 0 Å². The monoisotopic (exact) mass is 333 g/mol. The number of nitrogens with one attached hydrogen (secondary N) is 2. The minimum absolute atomic E-state index is 0.352. The molecule has 0 unspecified atom stereocenters. The fourth-order valence-electron chi connectivity index (χ4n) is 1.85. The van der Waals surface area contributed by atoms with E-state index in [1.54, 1.807) is 6.20 Å². The molecule has 1 heterocycles. The maximum absolute atomic E-state index is 11.5. The molecule has 0 saturated heterocycles. The van der Waals surface area contributed by atoms with Crippen molar-refractivity contribution in [3.63, 3.8) is 0 Å². The van der Waals surface area contributed by atoms with Crippen LogP contribution in [0.5, 0.6) is 5.75 Å². The molecule has 0 aliphatic heterocycles. The zero-order chi connectivity index (χ0) is 17.4. The van der Waals surface area contributed by atoms with E-state index < -0.39 is 11.7 Å². The van der Waals surface area contributed by atoms with Gasteiger partial charge in [0.15, 0.2) is 6.39 Å². The molecule has 1 aromatic heterocycles. The number of alkyl carbamates (subject to hydrolysis) is 1. The minimum atomic E-state index is -0.506. The summed E-state index contributed by atoms with van der Waals surface area (Å²) in [5, 5.41) is 5.86. The second kappa shape index (κ2) is 8.24. The zero-order valence-electron chi connectivity index (χ0n) is 14.2. The van der Waals surface area contributed by atoms with E-state index in [-0.39, 0.29) is 0 Å². The fraction of sp³-hybridized carbons (Fsp3) is 0.412. The molecule has 7 heteroatoms. The number of nitrogens with zero attached hydrogens (tertiary/aromatic N) is 1. The maximum Gasteiger partial charge on any atom is 0.407 e. The summed E-state index contributed by atoms with van der Waals surface area (Å²) in [6, 6.07) is 7.55. The van der Waals surface area contributed by atoms with Gasteiger partial charge in [0, 0.05) is 11.8 Å². The van der Waals surface area contributed by atoms with E-state index in [0.717, 1.165) is 11.4 Å². The van der Waals surface area contributed by atoms with Crippen LogP contribution in [-0.2, 0) is 11.3 Å². The Kier molecular flexibility index (Phi) is 6.06. The first-order valence-electron chi connectivity index (χ1n) is 7.73. The van der Waals surface area contributed by atoms with Gasteiger partial charge in [0.1, 0.15) is 23.7 Å². The third kappa shape index (κ3) is 6.60. The van der Waals surface area contributed by atoms with Gasteiger partial charge < -0.3 is 24.5 Å². The lowest BCUT2D eigenvalue weighted by molar-refractivity contribution is 0.0520. The lowest BCUT2D eigenvalue weighted by Gasteiger charge is -2.19. The molecule has 24 heavy (non-hydrogen) atoms. The highest BCUT2D eigenvalue weighted by Crippen LogP contribution is 2.18. The van der Waals surface area contributed by atoms with E-state index in [2.05, 4.69) is 15.6 Å². The topological polar surface area (TPSA) is 85.6 Å². The van der Waals surface area contributed by atoms with Crippen molar-refractivity contribution in [3.8, 4) is 5.75 Å². The Morgan fingerprint density at radius 1 is 1.33 bits per heavy atom. The summed E-state index contributed by atoms with van der Waals surface area (Å²) in [5.74, 6) is 1.46. The Hall–Kier alpha value is -2.70. The first-order valence-corrected chi connectivity index (χ1v) is 7.73.